The molecule has 0 atom stereocenters. The monoisotopic (exact) mass is 315 g/mol. The van der Waals surface area contributed by atoms with Crippen molar-refractivity contribution in [3.63, 3.8) is 0 Å². The average molecular weight is 315 g/mol. The Balaban J connectivity index is 1.88. The molecule has 22 heavy (non-hydrogen) atoms. The fourth-order valence-corrected chi connectivity index (χ4v) is 2.56. The minimum atomic E-state index is -0.557. The number of thiazole rings is 1. The highest BCUT2D eigenvalue weighted by Crippen LogP contribution is 2.18. The van der Waals surface area contributed by atoms with E-state index < -0.39 is 11.9 Å². The van der Waals surface area contributed by atoms with Crippen molar-refractivity contribution in [2.75, 3.05) is 11.9 Å². The molecule has 1 N–H and O–H groups in total. The number of anilines is 1. The Kier molecular flexibility index (Phi) is 4.86. The molecule has 0 saturated carbocycles. The Morgan fingerprint density at radius 2 is 2.00 bits per heavy atom. The minimum Gasteiger partial charge on any atom is -0.451 e. The number of aromatic nitrogens is 1. The van der Waals surface area contributed by atoms with Gasteiger partial charge in [0.15, 0.2) is 6.61 Å². The number of esters is 1. The summed E-state index contributed by atoms with van der Waals surface area (Å²) in [6.45, 7) is 3.14. The lowest BCUT2D eigenvalue weighted by atomic mass is 10.2. The number of benzene rings is 1. The maximum absolute atomic E-state index is 11.9. The van der Waals surface area contributed by atoms with E-state index in [9.17, 15) is 9.59 Å². The third-order valence-electron chi connectivity index (χ3n) is 2.72. The van der Waals surface area contributed by atoms with Crippen LogP contribution in [0.4, 0.5) is 5.69 Å². The van der Waals surface area contributed by atoms with Gasteiger partial charge in [-0.1, -0.05) is 0 Å². The van der Waals surface area contributed by atoms with E-state index >= 15 is 0 Å². The summed E-state index contributed by atoms with van der Waals surface area (Å²) in [4.78, 5) is 28.1. The molecule has 1 aromatic carbocycles. The van der Waals surface area contributed by atoms with E-state index in [0.29, 0.717) is 21.8 Å². The molecule has 1 aromatic heterocycles. The summed E-state index contributed by atoms with van der Waals surface area (Å²) in [6.07, 6.45) is 0. The van der Waals surface area contributed by atoms with Crippen molar-refractivity contribution < 1.29 is 14.3 Å². The van der Waals surface area contributed by atoms with Gasteiger partial charge in [0, 0.05) is 5.69 Å². The van der Waals surface area contributed by atoms with Gasteiger partial charge in [-0.25, -0.2) is 9.78 Å². The zero-order valence-electron chi connectivity index (χ0n) is 12.0. The highest BCUT2D eigenvalue weighted by Gasteiger charge is 2.16. The summed E-state index contributed by atoms with van der Waals surface area (Å²) in [7, 11) is 0. The number of nitrogens with zero attached hydrogens (tertiary/aromatic N) is 2. The number of rotatable bonds is 4. The van der Waals surface area contributed by atoms with Gasteiger partial charge < -0.3 is 10.1 Å². The van der Waals surface area contributed by atoms with Crippen molar-refractivity contribution >= 4 is 28.9 Å². The number of amides is 1. The molecule has 112 valence electrons. The van der Waals surface area contributed by atoms with Gasteiger partial charge >= 0.3 is 5.97 Å². The maximum Gasteiger partial charge on any atom is 0.350 e. The van der Waals surface area contributed by atoms with Crippen LogP contribution in [0, 0.1) is 25.2 Å². The van der Waals surface area contributed by atoms with Crippen LogP contribution in [0.3, 0.4) is 0 Å². The van der Waals surface area contributed by atoms with Crippen LogP contribution in [-0.2, 0) is 9.53 Å². The first kappa shape index (κ1) is 15.7. The van der Waals surface area contributed by atoms with Crippen LogP contribution in [0.15, 0.2) is 24.3 Å². The van der Waals surface area contributed by atoms with Crippen molar-refractivity contribution in [1.82, 2.24) is 4.98 Å². The predicted octanol–water partition coefficient (Wildman–Crippen LogP) is 2.43. The van der Waals surface area contributed by atoms with Gasteiger partial charge in [-0.2, -0.15) is 5.26 Å². The zero-order valence-corrected chi connectivity index (χ0v) is 12.9. The molecule has 0 unspecified atom stereocenters. The van der Waals surface area contributed by atoms with Crippen LogP contribution in [0.5, 0.6) is 0 Å². The lowest BCUT2D eigenvalue weighted by Gasteiger charge is -2.06. The highest BCUT2D eigenvalue weighted by molar-refractivity contribution is 7.13. The summed E-state index contributed by atoms with van der Waals surface area (Å²) in [5.41, 5.74) is 1.63. The molecule has 1 amide bonds. The first-order valence-corrected chi connectivity index (χ1v) is 7.22. The standard InChI is InChI=1S/C15H13N3O3S/c1-9-14(22-10(2)17-9)15(20)21-8-13(19)18-12-5-3-11(7-16)4-6-12/h3-6H,8H2,1-2H3,(H,18,19). The lowest BCUT2D eigenvalue weighted by molar-refractivity contribution is -0.119. The summed E-state index contributed by atoms with van der Waals surface area (Å²) in [5, 5.41) is 12.0. The van der Waals surface area contributed by atoms with Gasteiger partial charge in [-0.05, 0) is 38.1 Å². The number of ether oxygens (including phenoxy) is 1. The van der Waals surface area contributed by atoms with Crippen molar-refractivity contribution in [1.29, 1.82) is 5.26 Å². The number of nitriles is 1. The number of hydrogen-bond acceptors (Lipinski definition) is 6. The molecule has 0 spiro atoms. The number of carbonyl (C=O) groups excluding carboxylic acids is 2. The van der Waals surface area contributed by atoms with Crippen molar-refractivity contribution in [3.05, 3.63) is 45.4 Å². The van der Waals surface area contributed by atoms with Crippen LogP contribution in [0.1, 0.15) is 25.9 Å². The van der Waals surface area contributed by atoms with Crippen LogP contribution >= 0.6 is 11.3 Å². The Bertz CT molecular complexity index is 744. The Morgan fingerprint density at radius 1 is 1.32 bits per heavy atom. The molecule has 0 aliphatic carbocycles. The van der Waals surface area contributed by atoms with E-state index in [1.165, 1.54) is 11.3 Å². The van der Waals surface area contributed by atoms with Crippen molar-refractivity contribution in [3.8, 4) is 6.07 Å². The normalized spacial score (nSPS) is 9.86. The molecular formula is C15H13N3O3S. The second-order valence-corrected chi connectivity index (χ2v) is 5.66. The molecule has 0 saturated heterocycles. The highest BCUT2D eigenvalue weighted by atomic mass is 32.1. The topological polar surface area (TPSA) is 92.1 Å². The Labute approximate surface area is 131 Å². The third kappa shape index (κ3) is 3.90. The van der Waals surface area contributed by atoms with E-state index in [0.717, 1.165) is 5.01 Å². The summed E-state index contributed by atoms with van der Waals surface area (Å²) in [6, 6.07) is 8.38. The molecule has 0 radical (unpaired) electrons. The van der Waals surface area contributed by atoms with Gasteiger partial charge in [-0.15, -0.1) is 11.3 Å². The van der Waals surface area contributed by atoms with Gasteiger partial charge in [-0.3, -0.25) is 4.79 Å². The summed E-state index contributed by atoms with van der Waals surface area (Å²) >= 11 is 1.23. The third-order valence-corrected chi connectivity index (χ3v) is 3.77. The first-order chi connectivity index (χ1) is 10.5. The molecule has 0 aliphatic rings. The number of aryl methyl sites for hydroxylation is 2. The van der Waals surface area contributed by atoms with Crippen LogP contribution < -0.4 is 5.32 Å². The summed E-state index contributed by atoms with van der Waals surface area (Å²) < 4.78 is 4.97. The predicted molar refractivity (Wildman–Crippen MR) is 81.7 cm³/mol. The minimum absolute atomic E-state index is 0.380. The number of carbonyl (C=O) groups is 2. The molecule has 0 fully saturated rings. The van der Waals surface area contributed by atoms with Gasteiger partial charge in [0.25, 0.3) is 5.91 Å². The number of hydrogen-bond donors (Lipinski definition) is 1. The first-order valence-electron chi connectivity index (χ1n) is 6.41. The smallest absolute Gasteiger partial charge is 0.350 e. The molecule has 1 heterocycles. The molecule has 0 aliphatic heterocycles. The van der Waals surface area contributed by atoms with E-state index in [-0.39, 0.29) is 6.61 Å². The quantitative estimate of drug-likeness (QED) is 0.875. The molecule has 2 aromatic rings. The van der Waals surface area contributed by atoms with Crippen molar-refractivity contribution in [2.45, 2.75) is 13.8 Å². The molecule has 2 rings (SSSR count). The fraction of sp³-hybridized carbons (Fsp3) is 0.200. The molecule has 6 nitrogen and oxygen atoms in total. The molecule has 7 heteroatoms. The van der Waals surface area contributed by atoms with E-state index in [4.69, 9.17) is 10.00 Å². The van der Waals surface area contributed by atoms with Crippen LogP contribution in [0.25, 0.3) is 0 Å². The summed E-state index contributed by atoms with van der Waals surface area (Å²) in [5.74, 6) is -1.00. The fourth-order valence-electron chi connectivity index (χ4n) is 1.74. The van der Waals surface area contributed by atoms with Crippen LogP contribution in [-0.4, -0.2) is 23.5 Å². The zero-order chi connectivity index (χ0) is 16.1. The van der Waals surface area contributed by atoms with Gasteiger partial charge in [0.2, 0.25) is 0 Å². The molecular weight excluding hydrogens is 302 g/mol. The van der Waals surface area contributed by atoms with E-state index in [1.807, 2.05) is 6.07 Å². The van der Waals surface area contributed by atoms with Gasteiger partial charge in [0.1, 0.15) is 4.88 Å². The van der Waals surface area contributed by atoms with Gasteiger partial charge in [0.05, 0.1) is 22.3 Å². The largest absolute Gasteiger partial charge is 0.451 e. The van der Waals surface area contributed by atoms with E-state index in [2.05, 4.69) is 10.3 Å². The average Bonchev–Trinajstić information content (AvgIpc) is 2.84. The second kappa shape index (κ2) is 6.83. The van der Waals surface area contributed by atoms with E-state index in [1.54, 1.807) is 38.1 Å². The molecule has 0 bridgehead atoms. The Morgan fingerprint density at radius 3 is 2.55 bits per heavy atom. The maximum atomic E-state index is 11.9. The van der Waals surface area contributed by atoms with Crippen LogP contribution in [0.2, 0.25) is 0 Å². The van der Waals surface area contributed by atoms with Crippen molar-refractivity contribution in [2.24, 2.45) is 0 Å². The Hall–Kier alpha value is -2.72. The SMILES string of the molecule is Cc1nc(C)c(C(=O)OCC(=O)Nc2ccc(C#N)cc2)s1. The second-order valence-electron chi connectivity index (χ2n) is 4.46. The lowest BCUT2D eigenvalue weighted by Crippen LogP contribution is -2.20. The number of nitrogens with one attached hydrogen (secondary N) is 1.